The second-order valence-electron chi connectivity index (χ2n) is 6.00. The number of hydrazine groups is 1. The third kappa shape index (κ3) is 5.78. The molecule has 1 heterocycles. The van der Waals surface area contributed by atoms with Crippen molar-refractivity contribution in [2.75, 3.05) is 6.54 Å². The van der Waals surface area contributed by atoms with Gasteiger partial charge in [-0.1, -0.05) is 42.6 Å². The third-order valence-corrected chi connectivity index (χ3v) is 4.46. The van der Waals surface area contributed by atoms with Gasteiger partial charge in [0.1, 0.15) is 6.04 Å². The molecule has 2 atom stereocenters. The summed E-state index contributed by atoms with van der Waals surface area (Å²) in [6.45, 7) is 0.612. The number of carboxylic acid groups (broad SMARTS) is 1. The normalized spacial score (nSPS) is 20.0. The molecule has 24 heavy (non-hydrogen) atoms. The molecular formula is C17H24ClN3O3. The number of halogens is 1. The molecule has 4 N–H and O–H groups in total. The SMILES string of the molecule is O=C(O)CCCCCCNC(=O)C1CC(c2ccccc2Cl)NN1. The van der Waals surface area contributed by atoms with Crippen molar-refractivity contribution in [1.82, 2.24) is 16.2 Å². The van der Waals surface area contributed by atoms with Crippen LogP contribution in [0.25, 0.3) is 0 Å². The van der Waals surface area contributed by atoms with Crippen LogP contribution in [0, 0.1) is 0 Å². The smallest absolute Gasteiger partial charge is 0.303 e. The molecule has 1 aromatic carbocycles. The van der Waals surface area contributed by atoms with Crippen LogP contribution >= 0.6 is 11.6 Å². The van der Waals surface area contributed by atoms with Crippen LogP contribution in [0.1, 0.15) is 50.1 Å². The Bertz CT molecular complexity index is 568. The standard InChI is InChI=1S/C17H24ClN3O3/c18-13-8-5-4-7-12(13)14-11-15(21-20-14)17(24)19-10-6-2-1-3-9-16(22)23/h4-5,7-8,14-15,20-21H,1-3,6,9-11H2,(H,19,24)(H,22,23). The van der Waals surface area contributed by atoms with E-state index in [1.807, 2.05) is 24.3 Å². The summed E-state index contributed by atoms with van der Waals surface area (Å²) in [6, 6.07) is 7.36. The van der Waals surface area contributed by atoms with E-state index >= 15 is 0 Å². The molecule has 2 unspecified atom stereocenters. The average Bonchev–Trinajstić information content (AvgIpc) is 3.03. The maximum absolute atomic E-state index is 12.2. The second-order valence-corrected chi connectivity index (χ2v) is 6.41. The highest BCUT2D eigenvalue weighted by Crippen LogP contribution is 2.28. The highest BCUT2D eigenvalue weighted by Gasteiger charge is 2.30. The van der Waals surface area contributed by atoms with Gasteiger partial charge >= 0.3 is 5.97 Å². The molecule has 1 fully saturated rings. The summed E-state index contributed by atoms with van der Waals surface area (Å²) < 4.78 is 0. The van der Waals surface area contributed by atoms with Crippen molar-refractivity contribution in [2.45, 2.75) is 50.6 Å². The number of amides is 1. The van der Waals surface area contributed by atoms with Crippen LogP contribution in [0.4, 0.5) is 0 Å². The fraction of sp³-hybridized carbons (Fsp3) is 0.529. The summed E-state index contributed by atoms with van der Waals surface area (Å²) in [5.41, 5.74) is 7.13. The molecule has 132 valence electrons. The first-order chi connectivity index (χ1) is 11.6. The Balaban J connectivity index is 1.64. The Labute approximate surface area is 146 Å². The number of unbranched alkanes of at least 4 members (excludes halogenated alkanes) is 3. The minimum absolute atomic E-state index is 0.0190. The zero-order valence-corrected chi connectivity index (χ0v) is 14.3. The van der Waals surface area contributed by atoms with E-state index in [1.165, 1.54) is 0 Å². The zero-order chi connectivity index (χ0) is 17.4. The summed E-state index contributed by atoms with van der Waals surface area (Å²) >= 11 is 6.19. The summed E-state index contributed by atoms with van der Waals surface area (Å²) in [4.78, 5) is 22.6. The number of hydrogen-bond donors (Lipinski definition) is 4. The summed E-state index contributed by atoms with van der Waals surface area (Å²) in [5, 5.41) is 12.2. The number of hydrogen-bond acceptors (Lipinski definition) is 4. The monoisotopic (exact) mass is 353 g/mol. The number of nitrogens with one attached hydrogen (secondary N) is 3. The number of carbonyl (C=O) groups excluding carboxylic acids is 1. The van der Waals surface area contributed by atoms with Crippen LogP contribution in [-0.2, 0) is 9.59 Å². The van der Waals surface area contributed by atoms with E-state index in [-0.39, 0.29) is 24.4 Å². The predicted molar refractivity (Wildman–Crippen MR) is 92.6 cm³/mol. The van der Waals surface area contributed by atoms with E-state index < -0.39 is 5.97 Å². The van der Waals surface area contributed by atoms with E-state index in [9.17, 15) is 9.59 Å². The quantitative estimate of drug-likeness (QED) is 0.512. The van der Waals surface area contributed by atoms with Gasteiger partial charge in [0.15, 0.2) is 0 Å². The minimum atomic E-state index is -0.754. The highest BCUT2D eigenvalue weighted by atomic mass is 35.5. The number of benzene rings is 1. The van der Waals surface area contributed by atoms with Crippen molar-refractivity contribution >= 4 is 23.5 Å². The van der Waals surface area contributed by atoms with Crippen molar-refractivity contribution in [2.24, 2.45) is 0 Å². The van der Waals surface area contributed by atoms with E-state index in [1.54, 1.807) is 0 Å². The predicted octanol–water partition coefficient (Wildman–Crippen LogP) is 2.40. The molecule has 0 bridgehead atoms. The molecule has 2 rings (SSSR count). The maximum Gasteiger partial charge on any atom is 0.303 e. The van der Waals surface area contributed by atoms with Crippen LogP contribution in [0.5, 0.6) is 0 Å². The lowest BCUT2D eigenvalue weighted by atomic mass is 10.0. The van der Waals surface area contributed by atoms with Crippen molar-refractivity contribution in [3.63, 3.8) is 0 Å². The Morgan fingerprint density at radius 3 is 2.67 bits per heavy atom. The van der Waals surface area contributed by atoms with Crippen LogP contribution < -0.4 is 16.2 Å². The number of carboxylic acids is 1. The number of aliphatic carboxylic acids is 1. The van der Waals surface area contributed by atoms with Crippen LogP contribution in [0.2, 0.25) is 5.02 Å². The van der Waals surface area contributed by atoms with Gasteiger partial charge in [0.2, 0.25) is 5.91 Å². The molecule has 1 aliphatic heterocycles. The van der Waals surface area contributed by atoms with Gasteiger partial charge in [0.25, 0.3) is 0 Å². The number of rotatable bonds is 9. The van der Waals surface area contributed by atoms with Crippen molar-refractivity contribution in [3.8, 4) is 0 Å². The first-order valence-electron chi connectivity index (χ1n) is 8.33. The van der Waals surface area contributed by atoms with Gasteiger partial charge in [-0.25, -0.2) is 10.9 Å². The Morgan fingerprint density at radius 2 is 1.92 bits per heavy atom. The Hall–Kier alpha value is -1.63. The molecule has 0 radical (unpaired) electrons. The lowest BCUT2D eigenvalue weighted by molar-refractivity contribution is -0.137. The molecule has 0 aliphatic carbocycles. The molecule has 0 aromatic heterocycles. The van der Waals surface area contributed by atoms with E-state index in [2.05, 4.69) is 16.2 Å². The number of carbonyl (C=O) groups is 2. The molecule has 1 amide bonds. The first-order valence-corrected chi connectivity index (χ1v) is 8.70. The van der Waals surface area contributed by atoms with E-state index in [4.69, 9.17) is 16.7 Å². The molecule has 7 heteroatoms. The fourth-order valence-electron chi connectivity index (χ4n) is 2.78. The molecule has 1 aliphatic rings. The molecule has 1 saturated heterocycles. The first kappa shape index (κ1) is 18.7. The average molecular weight is 354 g/mol. The van der Waals surface area contributed by atoms with Crippen molar-refractivity contribution < 1.29 is 14.7 Å². The fourth-order valence-corrected chi connectivity index (χ4v) is 3.05. The zero-order valence-electron chi connectivity index (χ0n) is 13.6. The molecule has 0 spiro atoms. The lowest BCUT2D eigenvalue weighted by Gasteiger charge is -2.11. The van der Waals surface area contributed by atoms with E-state index in [0.717, 1.165) is 24.8 Å². The van der Waals surface area contributed by atoms with Gasteiger partial charge in [-0.15, -0.1) is 0 Å². The van der Waals surface area contributed by atoms with Gasteiger partial charge in [0, 0.05) is 24.0 Å². The lowest BCUT2D eigenvalue weighted by Crippen LogP contribution is -2.43. The summed E-state index contributed by atoms with van der Waals surface area (Å²) in [7, 11) is 0. The maximum atomic E-state index is 12.2. The van der Waals surface area contributed by atoms with Gasteiger partial charge in [-0.3, -0.25) is 9.59 Å². The molecule has 0 saturated carbocycles. The Morgan fingerprint density at radius 1 is 1.17 bits per heavy atom. The Kier molecular flexibility index (Phi) is 7.49. The second kappa shape index (κ2) is 9.61. The van der Waals surface area contributed by atoms with Crippen molar-refractivity contribution in [3.05, 3.63) is 34.9 Å². The van der Waals surface area contributed by atoms with Crippen LogP contribution in [0.15, 0.2) is 24.3 Å². The molecule has 1 aromatic rings. The van der Waals surface area contributed by atoms with E-state index in [0.29, 0.717) is 24.4 Å². The van der Waals surface area contributed by atoms with Gasteiger partial charge < -0.3 is 10.4 Å². The minimum Gasteiger partial charge on any atom is -0.481 e. The third-order valence-electron chi connectivity index (χ3n) is 4.12. The van der Waals surface area contributed by atoms with Gasteiger partial charge in [0.05, 0.1) is 0 Å². The molecular weight excluding hydrogens is 330 g/mol. The highest BCUT2D eigenvalue weighted by molar-refractivity contribution is 6.31. The summed E-state index contributed by atoms with van der Waals surface area (Å²) in [6.07, 6.45) is 4.21. The van der Waals surface area contributed by atoms with Gasteiger partial charge in [-0.05, 0) is 30.9 Å². The van der Waals surface area contributed by atoms with Crippen LogP contribution in [0.3, 0.4) is 0 Å². The molecule has 6 nitrogen and oxygen atoms in total. The van der Waals surface area contributed by atoms with Crippen molar-refractivity contribution in [1.29, 1.82) is 0 Å². The topological polar surface area (TPSA) is 90.5 Å². The van der Waals surface area contributed by atoms with Crippen LogP contribution in [-0.4, -0.2) is 29.6 Å². The summed E-state index contributed by atoms with van der Waals surface area (Å²) in [5.74, 6) is -0.779. The van der Waals surface area contributed by atoms with Gasteiger partial charge in [-0.2, -0.15) is 0 Å². The largest absolute Gasteiger partial charge is 0.481 e.